The quantitative estimate of drug-likeness (QED) is 0.255. The number of amides is 2. The Labute approximate surface area is 209 Å². The van der Waals surface area contributed by atoms with Crippen LogP contribution in [0, 0.1) is 0 Å². The summed E-state index contributed by atoms with van der Waals surface area (Å²) in [7, 11) is 3.17. The summed E-state index contributed by atoms with van der Waals surface area (Å²) >= 11 is 0. The van der Waals surface area contributed by atoms with E-state index in [4.69, 9.17) is 14.2 Å². The van der Waals surface area contributed by atoms with Crippen LogP contribution in [0.15, 0.2) is 71.7 Å². The molecular weight excluding hydrogens is 460 g/mol. The molecule has 0 N–H and O–H groups in total. The molecule has 0 aromatic heterocycles. The zero-order valence-corrected chi connectivity index (χ0v) is 20.3. The van der Waals surface area contributed by atoms with Gasteiger partial charge < -0.3 is 14.2 Å². The number of ether oxygens (including phenoxy) is 3. The summed E-state index contributed by atoms with van der Waals surface area (Å²) in [6.07, 6.45) is 1.81. The Kier molecular flexibility index (Phi) is 7.44. The van der Waals surface area contributed by atoms with Gasteiger partial charge in [0.25, 0.3) is 11.8 Å². The van der Waals surface area contributed by atoms with Crippen LogP contribution >= 0.6 is 0 Å². The Hall–Kier alpha value is -4.46. The van der Waals surface area contributed by atoms with Crippen LogP contribution in [0.5, 0.6) is 11.5 Å². The summed E-state index contributed by atoms with van der Waals surface area (Å²) < 4.78 is 15.8. The van der Waals surface area contributed by atoms with Crippen LogP contribution in [0.1, 0.15) is 38.8 Å². The molecule has 1 aliphatic heterocycles. The van der Waals surface area contributed by atoms with Crippen molar-refractivity contribution in [3.63, 3.8) is 0 Å². The molecule has 0 spiro atoms. The summed E-state index contributed by atoms with van der Waals surface area (Å²) in [5, 5.41) is 0. The molecule has 3 aromatic carbocycles. The van der Waals surface area contributed by atoms with Crippen molar-refractivity contribution in [3.05, 3.63) is 89.0 Å². The number of methoxy groups -OCH3 is 2. The minimum absolute atomic E-state index is 0.126. The van der Waals surface area contributed by atoms with E-state index in [9.17, 15) is 14.4 Å². The van der Waals surface area contributed by atoms with Crippen molar-refractivity contribution in [2.75, 3.05) is 20.8 Å². The molecule has 1 heterocycles. The van der Waals surface area contributed by atoms with Gasteiger partial charge in [0.15, 0.2) is 0 Å². The van der Waals surface area contributed by atoms with E-state index in [0.717, 1.165) is 16.0 Å². The SMILES string of the molecule is CCOC(=O)[C@H](Cc1ccc(N=Cc2ccc(OC)cc2OC)cc1)N1C(=O)c2ccccc2C1=O. The van der Waals surface area contributed by atoms with Crippen LogP contribution in [-0.2, 0) is 16.0 Å². The van der Waals surface area contributed by atoms with Crippen LogP contribution < -0.4 is 9.47 Å². The summed E-state index contributed by atoms with van der Waals surface area (Å²) in [6, 6.07) is 18.1. The lowest BCUT2D eigenvalue weighted by Crippen LogP contribution is -2.47. The Morgan fingerprint density at radius 3 is 2.19 bits per heavy atom. The second-order valence-corrected chi connectivity index (χ2v) is 8.03. The molecule has 8 heteroatoms. The third-order valence-corrected chi connectivity index (χ3v) is 5.85. The Balaban J connectivity index is 1.54. The van der Waals surface area contributed by atoms with Crippen LogP contribution in [-0.4, -0.2) is 55.8 Å². The monoisotopic (exact) mass is 486 g/mol. The van der Waals surface area contributed by atoms with Crippen LogP contribution in [0.3, 0.4) is 0 Å². The third kappa shape index (κ3) is 4.98. The predicted molar refractivity (Wildman–Crippen MR) is 134 cm³/mol. The average molecular weight is 487 g/mol. The zero-order chi connectivity index (χ0) is 25.7. The van der Waals surface area contributed by atoms with E-state index in [1.165, 1.54) is 0 Å². The fourth-order valence-electron chi connectivity index (χ4n) is 4.02. The number of carbonyl (C=O) groups excluding carboxylic acids is 3. The minimum atomic E-state index is -1.07. The second kappa shape index (κ2) is 10.9. The van der Waals surface area contributed by atoms with Gasteiger partial charge in [0.2, 0.25) is 0 Å². The highest BCUT2D eigenvalue weighted by atomic mass is 16.5. The first-order chi connectivity index (χ1) is 17.5. The number of rotatable bonds is 9. The van der Waals surface area contributed by atoms with Crippen molar-refractivity contribution in [3.8, 4) is 11.5 Å². The fraction of sp³-hybridized carbons (Fsp3) is 0.214. The lowest BCUT2D eigenvalue weighted by molar-refractivity contribution is -0.147. The molecule has 0 aliphatic carbocycles. The average Bonchev–Trinajstić information content (AvgIpc) is 3.16. The molecule has 4 rings (SSSR count). The molecule has 0 unspecified atom stereocenters. The third-order valence-electron chi connectivity index (χ3n) is 5.85. The zero-order valence-electron chi connectivity index (χ0n) is 20.3. The van der Waals surface area contributed by atoms with E-state index in [2.05, 4.69) is 4.99 Å². The number of benzene rings is 3. The Morgan fingerprint density at radius 1 is 0.944 bits per heavy atom. The largest absolute Gasteiger partial charge is 0.497 e. The van der Waals surface area contributed by atoms with Gasteiger partial charge in [-0.05, 0) is 48.9 Å². The molecule has 0 saturated heterocycles. The topological polar surface area (TPSA) is 94.5 Å². The Bertz CT molecular complexity index is 1280. The number of esters is 1. The van der Waals surface area contributed by atoms with Crippen LogP contribution in [0.4, 0.5) is 5.69 Å². The molecule has 1 atom stereocenters. The second-order valence-electron chi connectivity index (χ2n) is 8.03. The summed E-state index contributed by atoms with van der Waals surface area (Å²) in [5.74, 6) is -0.303. The normalized spacial score (nSPS) is 13.6. The first-order valence-electron chi connectivity index (χ1n) is 11.5. The van der Waals surface area contributed by atoms with Crippen molar-refractivity contribution in [1.82, 2.24) is 4.90 Å². The van der Waals surface area contributed by atoms with Gasteiger partial charge in [-0.25, -0.2) is 4.79 Å². The van der Waals surface area contributed by atoms with Crippen molar-refractivity contribution < 1.29 is 28.6 Å². The number of fused-ring (bicyclic) bond motifs is 1. The maximum atomic E-state index is 13.0. The number of nitrogens with zero attached hydrogens (tertiary/aromatic N) is 2. The molecule has 36 heavy (non-hydrogen) atoms. The molecule has 0 bridgehead atoms. The molecule has 0 saturated carbocycles. The van der Waals surface area contributed by atoms with Gasteiger partial charge in [-0.2, -0.15) is 0 Å². The van der Waals surface area contributed by atoms with Gasteiger partial charge >= 0.3 is 5.97 Å². The summed E-state index contributed by atoms with van der Waals surface area (Å²) in [5.41, 5.74) is 2.80. The number of hydrogen-bond donors (Lipinski definition) is 0. The van der Waals surface area contributed by atoms with E-state index in [-0.39, 0.29) is 24.2 Å². The standard InChI is InChI=1S/C28H26N2O6/c1-4-36-28(33)24(30-26(31)22-7-5-6-8-23(22)27(30)32)15-18-9-12-20(13-10-18)29-17-19-11-14-21(34-2)16-25(19)35-3/h5-14,16-17,24H,4,15H2,1-3H3/t24-/m0/s1. The first kappa shape index (κ1) is 24.7. The van der Waals surface area contributed by atoms with Crippen molar-refractivity contribution in [1.29, 1.82) is 0 Å². The molecule has 2 amide bonds. The maximum absolute atomic E-state index is 13.0. The molecule has 3 aromatic rings. The van der Waals surface area contributed by atoms with E-state index < -0.39 is 23.8 Å². The molecule has 0 fully saturated rings. The van der Waals surface area contributed by atoms with Gasteiger partial charge in [0.1, 0.15) is 17.5 Å². The van der Waals surface area contributed by atoms with E-state index >= 15 is 0 Å². The highest BCUT2D eigenvalue weighted by Crippen LogP contribution is 2.27. The predicted octanol–water partition coefficient (Wildman–Crippen LogP) is 4.22. The highest BCUT2D eigenvalue weighted by molar-refractivity contribution is 6.22. The maximum Gasteiger partial charge on any atom is 0.329 e. The van der Waals surface area contributed by atoms with Crippen LogP contribution in [0.25, 0.3) is 0 Å². The van der Waals surface area contributed by atoms with Crippen molar-refractivity contribution in [2.45, 2.75) is 19.4 Å². The van der Waals surface area contributed by atoms with Gasteiger partial charge in [0, 0.05) is 24.3 Å². The summed E-state index contributed by atoms with van der Waals surface area (Å²) in [4.78, 5) is 44.2. The van der Waals surface area contributed by atoms with Gasteiger partial charge in [0.05, 0.1) is 37.6 Å². The van der Waals surface area contributed by atoms with Gasteiger partial charge in [-0.1, -0.05) is 24.3 Å². The van der Waals surface area contributed by atoms with Gasteiger partial charge in [-0.3, -0.25) is 19.5 Å². The molecule has 184 valence electrons. The molecular formula is C28H26N2O6. The minimum Gasteiger partial charge on any atom is -0.497 e. The number of aliphatic imine (C=N–C) groups is 1. The van der Waals surface area contributed by atoms with E-state index in [1.807, 2.05) is 24.3 Å². The smallest absolute Gasteiger partial charge is 0.329 e. The molecule has 0 radical (unpaired) electrons. The first-order valence-corrected chi connectivity index (χ1v) is 11.5. The lowest BCUT2D eigenvalue weighted by Gasteiger charge is -2.24. The highest BCUT2D eigenvalue weighted by Gasteiger charge is 2.43. The number of imide groups is 1. The fourth-order valence-corrected chi connectivity index (χ4v) is 4.02. The number of carbonyl (C=O) groups is 3. The summed E-state index contributed by atoms with van der Waals surface area (Å²) in [6.45, 7) is 1.82. The number of hydrogen-bond acceptors (Lipinski definition) is 7. The molecule has 1 aliphatic rings. The van der Waals surface area contributed by atoms with Gasteiger partial charge in [-0.15, -0.1) is 0 Å². The lowest BCUT2D eigenvalue weighted by atomic mass is 10.0. The van der Waals surface area contributed by atoms with E-state index in [1.54, 1.807) is 69.8 Å². The van der Waals surface area contributed by atoms with Crippen molar-refractivity contribution >= 4 is 29.7 Å². The van der Waals surface area contributed by atoms with Crippen LogP contribution in [0.2, 0.25) is 0 Å². The molecule has 8 nitrogen and oxygen atoms in total. The Morgan fingerprint density at radius 2 is 1.61 bits per heavy atom. The van der Waals surface area contributed by atoms with E-state index in [0.29, 0.717) is 17.2 Å². The van der Waals surface area contributed by atoms with Crippen molar-refractivity contribution in [2.24, 2.45) is 4.99 Å².